The van der Waals surface area contributed by atoms with Crippen LogP contribution in [0, 0.1) is 13.8 Å². The molecule has 0 heterocycles. The Kier molecular flexibility index (Phi) is 6.01. The van der Waals surface area contributed by atoms with E-state index in [0.717, 1.165) is 23.3 Å². The van der Waals surface area contributed by atoms with Gasteiger partial charge in [-0.2, -0.15) is 0 Å². The summed E-state index contributed by atoms with van der Waals surface area (Å²) < 4.78 is 0. The molecule has 0 aliphatic heterocycles. The maximum Gasteiger partial charge on any atom is 0.248 e. The Morgan fingerprint density at radius 3 is 1.88 bits per heavy atom. The minimum Gasteiger partial charge on any atom is -0.323 e. The van der Waals surface area contributed by atoms with Crippen LogP contribution in [0.25, 0.3) is 0 Å². The van der Waals surface area contributed by atoms with Crippen LogP contribution in [0.1, 0.15) is 11.1 Å². The monoisotopic (exact) mass is 362 g/mol. The molecule has 6 heteroatoms. The number of anilines is 2. The van der Waals surface area contributed by atoms with E-state index in [9.17, 15) is 9.59 Å². The fourth-order valence-electron chi connectivity index (χ4n) is 1.96. The van der Waals surface area contributed by atoms with Crippen molar-refractivity contribution in [3.63, 3.8) is 0 Å². The lowest BCUT2D eigenvalue weighted by Gasteiger charge is -2.06. The van der Waals surface area contributed by atoms with Crippen LogP contribution in [0.3, 0.4) is 0 Å². The SMILES string of the molecule is Cc1ccc(NC(=O)/C=C\C(=O)Nc2cc(Cl)cc(Cl)c2)cc1C. The van der Waals surface area contributed by atoms with Gasteiger partial charge in [-0.3, -0.25) is 9.59 Å². The van der Waals surface area contributed by atoms with E-state index >= 15 is 0 Å². The first-order chi connectivity index (χ1) is 11.3. The van der Waals surface area contributed by atoms with E-state index < -0.39 is 11.8 Å². The Hall–Kier alpha value is -2.30. The third-order valence-electron chi connectivity index (χ3n) is 3.29. The second-order valence-electron chi connectivity index (χ2n) is 5.27. The average molecular weight is 363 g/mol. The second kappa shape index (κ2) is 7.99. The Bertz CT molecular complexity index is 796. The summed E-state index contributed by atoms with van der Waals surface area (Å²) in [6, 6.07) is 10.3. The van der Waals surface area contributed by atoms with Crippen molar-refractivity contribution in [1.29, 1.82) is 0 Å². The van der Waals surface area contributed by atoms with Crippen LogP contribution in [0.5, 0.6) is 0 Å². The number of amides is 2. The van der Waals surface area contributed by atoms with Gasteiger partial charge in [0, 0.05) is 33.6 Å². The second-order valence-corrected chi connectivity index (χ2v) is 6.14. The zero-order valence-electron chi connectivity index (χ0n) is 13.2. The van der Waals surface area contributed by atoms with Crippen LogP contribution in [0.2, 0.25) is 10.0 Å². The summed E-state index contributed by atoms with van der Waals surface area (Å²) in [6.45, 7) is 3.96. The van der Waals surface area contributed by atoms with E-state index in [-0.39, 0.29) is 0 Å². The molecule has 0 unspecified atom stereocenters. The van der Waals surface area contributed by atoms with Gasteiger partial charge in [0.05, 0.1) is 0 Å². The third kappa shape index (κ3) is 5.41. The van der Waals surface area contributed by atoms with Gasteiger partial charge >= 0.3 is 0 Å². The number of halogens is 2. The Morgan fingerprint density at radius 2 is 1.33 bits per heavy atom. The van der Waals surface area contributed by atoms with E-state index in [1.54, 1.807) is 18.2 Å². The lowest BCUT2D eigenvalue weighted by molar-refractivity contribution is -0.114. The third-order valence-corrected chi connectivity index (χ3v) is 3.73. The first-order valence-corrected chi connectivity index (χ1v) is 7.92. The van der Waals surface area contributed by atoms with E-state index in [0.29, 0.717) is 21.4 Å². The van der Waals surface area contributed by atoms with Gasteiger partial charge in [-0.1, -0.05) is 29.3 Å². The minimum absolute atomic E-state index is 0.391. The van der Waals surface area contributed by atoms with Crippen molar-refractivity contribution in [3.05, 3.63) is 69.7 Å². The minimum atomic E-state index is -0.455. The molecule has 0 saturated carbocycles. The summed E-state index contributed by atoms with van der Waals surface area (Å²) in [6.07, 6.45) is 2.31. The molecule has 0 aliphatic carbocycles. The normalized spacial score (nSPS) is 10.7. The molecule has 24 heavy (non-hydrogen) atoms. The molecule has 4 nitrogen and oxygen atoms in total. The molecule has 2 aromatic carbocycles. The molecule has 2 amide bonds. The smallest absolute Gasteiger partial charge is 0.248 e. The number of hydrogen-bond acceptors (Lipinski definition) is 2. The fourth-order valence-corrected chi connectivity index (χ4v) is 2.49. The summed E-state index contributed by atoms with van der Waals surface area (Å²) in [5.41, 5.74) is 3.35. The molecular formula is C18H16Cl2N2O2. The maximum atomic E-state index is 11.9. The highest BCUT2D eigenvalue weighted by Crippen LogP contribution is 2.22. The highest BCUT2D eigenvalue weighted by molar-refractivity contribution is 6.35. The van der Waals surface area contributed by atoms with E-state index in [1.807, 2.05) is 32.0 Å². The molecule has 0 fully saturated rings. The highest BCUT2D eigenvalue weighted by Gasteiger charge is 2.03. The molecule has 0 saturated heterocycles. The molecule has 2 N–H and O–H groups in total. The van der Waals surface area contributed by atoms with Gasteiger partial charge in [0.2, 0.25) is 11.8 Å². The molecule has 0 bridgehead atoms. The van der Waals surface area contributed by atoms with Gasteiger partial charge in [0.15, 0.2) is 0 Å². The number of hydrogen-bond donors (Lipinski definition) is 2. The summed E-state index contributed by atoms with van der Waals surface area (Å²) in [5, 5.41) is 6.11. The van der Waals surface area contributed by atoms with Crippen molar-refractivity contribution in [2.75, 3.05) is 10.6 Å². The predicted molar refractivity (Wildman–Crippen MR) is 98.8 cm³/mol. The lowest BCUT2D eigenvalue weighted by Crippen LogP contribution is -2.12. The van der Waals surface area contributed by atoms with Gasteiger partial charge in [0.1, 0.15) is 0 Å². The molecule has 2 aromatic rings. The molecule has 0 atom stereocenters. The van der Waals surface area contributed by atoms with Crippen LogP contribution in [0.4, 0.5) is 11.4 Å². The Labute approximate surface area is 150 Å². The van der Waals surface area contributed by atoms with Gasteiger partial charge in [-0.25, -0.2) is 0 Å². The molecule has 2 rings (SSSR count). The first-order valence-electron chi connectivity index (χ1n) is 7.17. The Balaban J connectivity index is 1.95. The van der Waals surface area contributed by atoms with Crippen LogP contribution in [0.15, 0.2) is 48.6 Å². The fraction of sp³-hybridized carbons (Fsp3) is 0.111. The van der Waals surface area contributed by atoms with Crippen molar-refractivity contribution < 1.29 is 9.59 Å². The number of aryl methyl sites for hydroxylation is 2. The van der Waals surface area contributed by atoms with Crippen molar-refractivity contribution in [2.45, 2.75) is 13.8 Å². The van der Waals surface area contributed by atoms with Gasteiger partial charge < -0.3 is 10.6 Å². The van der Waals surface area contributed by atoms with Crippen molar-refractivity contribution in [1.82, 2.24) is 0 Å². The number of benzene rings is 2. The average Bonchev–Trinajstić information content (AvgIpc) is 2.48. The zero-order chi connectivity index (χ0) is 17.7. The summed E-state index contributed by atoms with van der Waals surface area (Å²) in [7, 11) is 0. The molecule has 0 spiro atoms. The number of nitrogens with one attached hydrogen (secondary N) is 2. The zero-order valence-corrected chi connectivity index (χ0v) is 14.7. The maximum absolute atomic E-state index is 11.9. The molecular weight excluding hydrogens is 347 g/mol. The van der Waals surface area contributed by atoms with Gasteiger partial charge in [0.25, 0.3) is 0 Å². The largest absolute Gasteiger partial charge is 0.323 e. The van der Waals surface area contributed by atoms with Crippen molar-refractivity contribution >= 4 is 46.4 Å². The van der Waals surface area contributed by atoms with Crippen molar-refractivity contribution in [2.24, 2.45) is 0 Å². The number of carbonyl (C=O) groups is 2. The summed E-state index contributed by atoms with van der Waals surface area (Å²) in [5.74, 6) is -0.846. The van der Waals surface area contributed by atoms with Gasteiger partial charge in [-0.05, 0) is 55.3 Å². The van der Waals surface area contributed by atoms with E-state index in [1.165, 1.54) is 0 Å². The topological polar surface area (TPSA) is 58.2 Å². The quantitative estimate of drug-likeness (QED) is 0.771. The standard InChI is InChI=1S/C18H16Cl2N2O2/c1-11-3-4-15(7-12(11)2)21-17(23)5-6-18(24)22-16-9-13(19)8-14(20)10-16/h3-10H,1-2H3,(H,21,23)(H,22,24)/b6-5-. The number of carbonyl (C=O) groups excluding carboxylic acids is 2. The summed E-state index contributed by atoms with van der Waals surface area (Å²) >= 11 is 11.7. The van der Waals surface area contributed by atoms with Crippen LogP contribution < -0.4 is 10.6 Å². The summed E-state index contributed by atoms with van der Waals surface area (Å²) in [4.78, 5) is 23.7. The molecule has 0 radical (unpaired) electrons. The van der Waals surface area contributed by atoms with E-state index in [4.69, 9.17) is 23.2 Å². The highest BCUT2D eigenvalue weighted by atomic mass is 35.5. The van der Waals surface area contributed by atoms with Crippen LogP contribution in [-0.4, -0.2) is 11.8 Å². The van der Waals surface area contributed by atoms with E-state index in [2.05, 4.69) is 10.6 Å². The molecule has 0 aliphatic rings. The van der Waals surface area contributed by atoms with Gasteiger partial charge in [-0.15, -0.1) is 0 Å². The predicted octanol–water partition coefficient (Wildman–Crippen LogP) is 4.74. The van der Waals surface area contributed by atoms with Crippen molar-refractivity contribution in [3.8, 4) is 0 Å². The van der Waals surface area contributed by atoms with Crippen LogP contribution >= 0.6 is 23.2 Å². The Morgan fingerprint density at radius 1 is 0.792 bits per heavy atom. The first kappa shape index (κ1) is 18.0. The lowest BCUT2D eigenvalue weighted by atomic mass is 10.1. The molecule has 124 valence electrons. The van der Waals surface area contributed by atoms with Crippen LogP contribution in [-0.2, 0) is 9.59 Å². The molecule has 0 aromatic heterocycles. The number of rotatable bonds is 4.